The molecule has 3 atom stereocenters. The topological polar surface area (TPSA) is 75.6 Å². The Kier molecular flexibility index (Phi) is 4.79. The first-order chi connectivity index (χ1) is 14.6. The molecule has 1 aliphatic carbocycles. The van der Waals surface area contributed by atoms with Crippen molar-refractivity contribution in [3.05, 3.63) is 89.0 Å². The Morgan fingerprint density at radius 3 is 2.57 bits per heavy atom. The van der Waals surface area contributed by atoms with Crippen LogP contribution in [0.5, 0.6) is 17.2 Å². The molecular formula is C24H21NO4S. The van der Waals surface area contributed by atoms with Crippen LogP contribution in [-0.2, 0) is 22.2 Å². The molecule has 30 heavy (non-hydrogen) atoms. The second kappa shape index (κ2) is 7.61. The van der Waals surface area contributed by atoms with Crippen LogP contribution < -0.4 is 9.46 Å². The number of phenols is 1. The molecule has 1 heterocycles. The summed E-state index contributed by atoms with van der Waals surface area (Å²) in [5, 5.41) is 10.1. The van der Waals surface area contributed by atoms with Gasteiger partial charge in [-0.1, -0.05) is 42.5 Å². The zero-order valence-corrected chi connectivity index (χ0v) is 17.0. The van der Waals surface area contributed by atoms with E-state index in [1.807, 2.05) is 48.5 Å². The predicted molar refractivity (Wildman–Crippen MR) is 115 cm³/mol. The number of carbonyl (C=O) groups excluding carboxylic acids is 1. The summed E-state index contributed by atoms with van der Waals surface area (Å²) >= 11 is 0. The van der Waals surface area contributed by atoms with Crippen molar-refractivity contribution in [3.8, 4) is 17.2 Å². The maximum Gasteiger partial charge on any atom is 0.233 e. The fraction of sp³-hybridized carbons (Fsp3) is 0.208. The van der Waals surface area contributed by atoms with Gasteiger partial charge in [-0.25, -0.2) is 4.21 Å². The maximum atomic E-state index is 12.1. The van der Waals surface area contributed by atoms with E-state index in [0.29, 0.717) is 5.56 Å². The second-order valence-corrected chi connectivity index (χ2v) is 9.03. The standard InChI is InChI=1S/C24H21NO4S/c26-21-13-15(9-10-20(21)23-14-24(27)25-30(23)28)17-11-12-19-18(17)7-4-8-22(19)29-16-5-2-1-3-6-16/h1-10,13,17,23,26H,11-12,14H2,(H,25,27)/t17-,23?,30?/m1/s1. The van der Waals surface area contributed by atoms with Crippen LogP contribution in [0.3, 0.4) is 0 Å². The minimum absolute atomic E-state index is 0.0903. The van der Waals surface area contributed by atoms with Crippen LogP contribution in [0.25, 0.3) is 0 Å². The van der Waals surface area contributed by atoms with Crippen molar-refractivity contribution in [3.63, 3.8) is 0 Å². The molecule has 0 saturated carbocycles. The van der Waals surface area contributed by atoms with Crippen LogP contribution in [0.15, 0.2) is 66.7 Å². The lowest BCUT2D eigenvalue weighted by atomic mass is 9.91. The molecule has 1 fully saturated rings. The highest BCUT2D eigenvalue weighted by molar-refractivity contribution is 7.84. The third kappa shape index (κ3) is 3.37. The van der Waals surface area contributed by atoms with Crippen molar-refractivity contribution in [1.29, 1.82) is 0 Å². The van der Waals surface area contributed by atoms with Crippen molar-refractivity contribution < 1.29 is 18.8 Å². The van der Waals surface area contributed by atoms with Crippen molar-refractivity contribution in [2.24, 2.45) is 0 Å². The summed E-state index contributed by atoms with van der Waals surface area (Å²) in [7, 11) is -1.50. The minimum atomic E-state index is -1.50. The molecule has 6 heteroatoms. The van der Waals surface area contributed by atoms with Crippen LogP contribution >= 0.6 is 0 Å². The van der Waals surface area contributed by atoms with E-state index in [-0.39, 0.29) is 24.0 Å². The van der Waals surface area contributed by atoms with Gasteiger partial charge in [-0.2, -0.15) is 0 Å². The highest BCUT2D eigenvalue weighted by Crippen LogP contribution is 2.44. The van der Waals surface area contributed by atoms with E-state index in [9.17, 15) is 14.1 Å². The lowest BCUT2D eigenvalue weighted by molar-refractivity contribution is -0.118. The largest absolute Gasteiger partial charge is 0.508 e. The maximum absolute atomic E-state index is 12.1. The number of amides is 1. The first-order valence-corrected chi connectivity index (χ1v) is 11.2. The van der Waals surface area contributed by atoms with Gasteiger partial charge in [-0.05, 0) is 53.8 Å². The van der Waals surface area contributed by atoms with E-state index in [0.717, 1.165) is 29.9 Å². The zero-order valence-electron chi connectivity index (χ0n) is 16.2. The lowest BCUT2D eigenvalue weighted by Crippen LogP contribution is -2.15. The summed E-state index contributed by atoms with van der Waals surface area (Å²) in [4.78, 5) is 11.5. The summed E-state index contributed by atoms with van der Waals surface area (Å²) in [6, 6.07) is 21.4. The average molecular weight is 420 g/mol. The Balaban J connectivity index is 1.44. The lowest BCUT2D eigenvalue weighted by Gasteiger charge is -2.16. The van der Waals surface area contributed by atoms with Gasteiger partial charge in [0.25, 0.3) is 0 Å². The van der Waals surface area contributed by atoms with Gasteiger partial charge < -0.3 is 9.84 Å². The molecule has 5 rings (SSSR count). The number of fused-ring (bicyclic) bond motifs is 1. The summed E-state index contributed by atoms with van der Waals surface area (Å²) in [6.07, 6.45) is 1.96. The van der Waals surface area contributed by atoms with E-state index in [1.165, 1.54) is 11.1 Å². The molecule has 3 aromatic carbocycles. The summed E-state index contributed by atoms with van der Waals surface area (Å²) < 4.78 is 20.6. The smallest absolute Gasteiger partial charge is 0.233 e. The molecule has 2 N–H and O–H groups in total. The van der Waals surface area contributed by atoms with Gasteiger partial charge >= 0.3 is 0 Å². The van der Waals surface area contributed by atoms with Crippen molar-refractivity contribution in [2.75, 3.05) is 0 Å². The van der Waals surface area contributed by atoms with E-state index >= 15 is 0 Å². The van der Waals surface area contributed by atoms with Gasteiger partial charge in [0.05, 0.1) is 5.25 Å². The van der Waals surface area contributed by atoms with Crippen LogP contribution in [0.2, 0.25) is 0 Å². The number of para-hydroxylation sites is 1. The number of rotatable bonds is 4. The van der Waals surface area contributed by atoms with E-state index in [1.54, 1.807) is 12.1 Å². The molecule has 5 nitrogen and oxygen atoms in total. The highest BCUT2D eigenvalue weighted by Gasteiger charge is 2.33. The van der Waals surface area contributed by atoms with Gasteiger partial charge in [-0.15, -0.1) is 0 Å². The third-order valence-corrected chi connectivity index (χ3v) is 7.21. The minimum Gasteiger partial charge on any atom is -0.508 e. The molecule has 2 aliphatic rings. The first-order valence-electron chi connectivity index (χ1n) is 9.97. The monoisotopic (exact) mass is 419 g/mol. The quantitative estimate of drug-likeness (QED) is 0.653. The second-order valence-electron chi connectivity index (χ2n) is 7.66. The first kappa shape index (κ1) is 18.9. The van der Waals surface area contributed by atoms with Crippen LogP contribution in [0.1, 0.15) is 46.3 Å². The van der Waals surface area contributed by atoms with Crippen molar-refractivity contribution in [1.82, 2.24) is 4.72 Å². The molecule has 0 bridgehead atoms. The van der Waals surface area contributed by atoms with E-state index in [4.69, 9.17) is 4.74 Å². The summed E-state index contributed by atoms with van der Waals surface area (Å²) in [5.74, 6) is 1.68. The molecule has 3 aromatic rings. The normalized spacial score (nSPS) is 22.5. The van der Waals surface area contributed by atoms with Gasteiger partial charge in [0.2, 0.25) is 5.91 Å². The Labute approximate surface area is 177 Å². The molecule has 2 unspecified atom stereocenters. The number of carbonyl (C=O) groups is 1. The summed E-state index contributed by atoms with van der Waals surface area (Å²) in [5.41, 5.74) is 3.96. The molecular weight excluding hydrogens is 398 g/mol. The number of nitrogens with one attached hydrogen (secondary N) is 1. The fourth-order valence-corrected chi connectivity index (χ4v) is 5.60. The van der Waals surface area contributed by atoms with Gasteiger partial charge in [0.15, 0.2) is 0 Å². The SMILES string of the molecule is O=C1CC(c2ccc([C@H]3CCc4c(Oc5ccccc5)cccc43)cc2O)S(=O)N1. The number of benzene rings is 3. The number of hydrogen-bond acceptors (Lipinski definition) is 4. The summed E-state index contributed by atoms with van der Waals surface area (Å²) in [6.45, 7) is 0. The van der Waals surface area contributed by atoms with Crippen molar-refractivity contribution >= 4 is 16.9 Å². The average Bonchev–Trinajstić information content (AvgIpc) is 3.32. The number of hydrogen-bond donors (Lipinski definition) is 2. The Morgan fingerprint density at radius 1 is 1.00 bits per heavy atom. The molecule has 0 radical (unpaired) electrons. The molecule has 0 aromatic heterocycles. The third-order valence-electron chi connectivity index (χ3n) is 5.85. The van der Waals surface area contributed by atoms with Crippen LogP contribution in [0, 0.1) is 0 Å². The Hall–Kier alpha value is -3.12. The van der Waals surface area contributed by atoms with Gasteiger partial charge in [0, 0.05) is 17.9 Å². The highest BCUT2D eigenvalue weighted by atomic mass is 32.2. The fourth-order valence-electron chi connectivity index (χ4n) is 4.42. The van der Waals surface area contributed by atoms with Crippen LogP contribution in [0.4, 0.5) is 0 Å². The van der Waals surface area contributed by atoms with E-state index in [2.05, 4.69) is 10.8 Å². The molecule has 0 spiro atoms. The van der Waals surface area contributed by atoms with Gasteiger partial charge in [0.1, 0.15) is 28.2 Å². The number of aromatic hydroxyl groups is 1. The van der Waals surface area contributed by atoms with Gasteiger partial charge in [-0.3, -0.25) is 9.52 Å². The Morgan fingerprint density at radius 2 is 1.83 bits per heavy atom. The molecule has 1 saturated heterocycles. The molecule has 1 aliphatic heterocycles. The number of ether oxygens (including phenoxy) is 1. The Bertz CT molecular complexity index is 1150. The zero-order chi connectivity index (χ0) is 20.7. The predicted octanol–water partition coefficient (Wildman–Crippen LogP) is 4.49. The number of phenolic OH excluding ortho intramolecular Hbond substituents is 1. The molecule has 1 amide bonds. The van der Waals surface area contributed by atoms with Crippen molar-refractivity contribution in [2.45, 2.75) is 30.4 Å². The molecule has 152 valence electrons. The van der Waals surface area contributed by atoms with Crippen LogP contribution in [-0.4, -0.2) is 15.2 Å². The van der Waals surface area contributed by atoms with E-state index < -0.39 is 16.2 Å².